The smallest absolute Gasteiger partial charge is 0.245 e. The molecule has 2 atom stereocenters. The highest BCUT2D eigenvalue weighted by molar-refractivity contribution is 5.80. The van der Waals surface area contributed by atoms with Crippen LogP contribution >= 0.6 is 0 Å². The molecule has 1 fully saturated rings. The van der Waals surface area contributed by atoms with Crippen LogP contribution in [0, 0.1) is 13.8 Å². The van der Waals surface area contributed by atoms with Crippen molar-refractivity contribution < 1.29 is 4.79 Å². The predicted molar refractivity (Wildman–Crippen MR) is 98.2 cm³/mol. The highest BCUT2D eigenvalue weighted by atomic mass is 16.2. The summed E-state index contributed by atoms with van der Waals surface area (Å²) in [5.74, 6) is 0.102. The Balaban J connectivity index is 1.95. The molecule has 1 aliphatic heterocycles. The number of likely N-dealkylation sites (tertiary alicyclic amines) is 1. The fraction of sp³-hybridized carbons (Fsp3) is 0.789. The number of hydrogen-bond acceptors (Lipinski definition) is 3. The van der Waals surface area contributed by atoms with E-state index in [-0.39, 0.29) is 18.0 Å². The Hall–Kier alpha value is -1.36. The predicted octanol–water partition coefficient (Wildman–Crippen LogP) is 3.22. The number of hydrogen-bond donors (Lipinski definition) is 1. The highest BCUT2D eigenvalue weighted by Crippen LogP contribution is 2.17. The number of amides is 1. The van der Waals surface area contributed by atoms with E-state index in [0.717, 1.165) is 43.9 Å². The molecule has 0 spiro atoms. The third kappa shape index (κ3) is 5.33. The zero-order valence-electron chi connectivity index (χ0n) is 15.8. The zero-order chi connectivity index (χ0) is 17.5. The molecule has 24 heavy (non-hydrogen) atoms. The Kier molecular flexibility index (Phi) is 7.28. The molecular formula is C19H34N4O. The second kappa shape index (κ2) is 9.21. The number of carbonyl (C=O) groups excluding carboxylic acids is 1. The molecule has 1 aliphatic rings. The van der Waals surface area contributed by atoms with Crippen molar-refractivity contribution in [3.8, 4) is 0 Å². The Labute approximate surface area is 146 Å². The summed E-state index contributed by atoms with van der Waals surface area (Å²) in [5.41, 5.74) is 2.03. The Bertz CT molecular complexity index is 517. The van der Waals surface area contributed by atoms with Crippen LogP contribution in [0.25, 0.3) is 0 Å². The number of aromatic nitrogens is 2. The lowest BCUT2D eigenvalue weighted by molar-refractivity contribution is -0.125. The van der Waals surface area contributed by atoms with Crippen LogP contribution in [0.4, 0.5) is 0 Å². The van der Waals surface area contributed by atoms with Gasteiger partial charge in [-0.05, 0) is 59.2 Å². The van der Waals surface area contributed by atoms with Crippen LogP contribution in [-0.2, 0) is 4.79 Å². The lowest BCUT2D eigenvalue weighted by Gasteiger charge is -2.26. The van der Waals surface area contributed by atoms with Gasteiger partial charge in [0.2, 0.25) is 5.91 Å². The molecule has 0 aliphatic carbocycles. The van der Waals surface area contributed by atoms with E-state index in [1.807, 2.05) is 24.6 Å². The molecule has 1 amide bonds. The van der Waals surface area contributed by atoms with E-state index in [0.29, 0.717) is 0 Å². The number of nitrogens with one attached hydrogen (secondary N) is 1. The monoisotopic (exact) mass is 334 g/mol. The Morgan fingerprint density at radius 3 is 2.46 bits per heavy atom. The van der Waals surface area contributed by atoms with Gasteiger partial charge in [-0.2, -0.15) is 5.10 Å². The van der Waals surface area contributed by atoms with E-state index in [4.69, 9.17) is 0 Å². The molecule has 1 aromatic heterocycles. The van der Waals surface area contributed by atoms with E-state index >= 15 is 0 Å². The number of carbonyl (C=O) groups is 1. The Morgan fingerprint density at radius 2 is 1.92 bits per heavy atom. The first-order valence-electron chi connectivity index (χ1n) is 9.56. The van der Waals surface area contributed by atoms with Crippen molar-refractivity contribution in [3.05, 3.63) is 17.5 Å². The average molecular weight is 335 g/mol. The summed E-state index contributed by atoms with van der Waals surface area (Å²) in [4.78, 5) is 15.3. The van der Waals surface area contributed by atoms with Crippen molar-refractivity contribution >= 4 is 5.91 Å². The first kappa shape index (κ1) is 19.0. The lowest BCUT2D eigenvalue weighted by Crippen LogP contribution is -2.45. The molecule has 1 saturated heterocycles. The minimum Gasteiger partial charge on any atom is -0.351 e. The van der Waals surface area contributed by atoms with Gasteiger partial charge in [0, 0.05) is 18.3 Å². The SMILES string of the molecule is CCC[C@H](C(=O)N[C@@H](C)CN1CCCCCC1)n1nc(C)cc1C. The van der Waals surface area contributed by atoms with Crippen LogP contribution in [0.5, 0.6) is 0 Å². The number of rotatable bonds is 7. The summed E-state index contributed by atoms with van der Waals surface area (Å²) in [7, 11) is 0. The molecule has 5 heteroatoms. The molecule has 1 N–H and O–H groups in total. The van der Waals surface area contributed by atoms with Gasteiger partial charge < -0.3 is 10.2 Å². The van der Waals surface area contributed by atoms with Gasteiger partial charge in [-0.25, -0.2) is 0 Å². The highest BCUT2D eigenvalue weighted by Gasteiger charge is 2.24. The summed E-state index contributed by atoms with van der Waals surface area (Å²) in [6.45, 7) is 11.5. The third-order valence-corrected chi connectivity index (χ3v) is 4.82. The van der Waals surface area contributed by atoms with Gasteiger partial charge in [0.15, 0.2) is 0 Å². The third-order valence-electron chi connectivity index (χ3n) is 4.82. The lowest BCUT2D eigenvalue weighted by atomic mass is 10.1. The largest absolute Gasteiger partial charge is 0.351 e. The van der Waals surface area contributed by atoms with Gasteiger partial charge in [-0.1, -0.05) is 26.2 Å². The topological polar surface area (TPSA) is 50.2 Å². The van der Waals surface area contributed by atoms with E-state index in [2.05, 4.69) is 29.2 Å². The molecule has 0 saturated carbocycles. The second-order valence-corrected chi connectivity index (χ2v) is 7.30. The molecule has 5 nitrogen and oxygen atoms in total. The van der Waals surface area contributed by atoms with Crippen LogP contribution in [0.3, 0.4) is 0 Å². The van der Waals surface area contributed by atoms with Gasteiger partial charge in [0.1, 0.15) is 6.04 Å². The molecule has 136 valence electrons. The van der Waals surface area contributed by atoms with Crippen LogP contribution in [0.1, 0.15) is 69.8 Å². The molecular weight excluding hydrogens is 300 g/mol. The normalized spacial score (nSPS) is 18.8. The maximum absolute atomic E-state index is 12.8. The summed E-state index contributed by atoms with van der Waals surface area (Å²) in [5, 5.41) is 7.76. The summed E-state index contributed by atoms with van der Waals surface area (Å²) in [6, 6.07) is 2.01. The van der Waals surface area contributed by atoms with Crippen molar-refractivity contribution in [3.63, 3.8) is 0 Å². The molecule has 0 aromatic carbocycles. The zero-order valence-corrected chi connectivity index (χ0v) is 15.8. The molecule has 1 aromatic rings. The maximum atomic E-state index is 12.8. The van der Waals surface area contributed by atoms with E-state index < -0.39 is 0 Å². The van der Waals surface area contributed by atoms with Crippen molar-refractivity contribution in [1.82, 2.24) is 20.0 Å². The van der Waals surface area contributed by atoms with Crippen LogP contribution in [0.15, 0.2) is 6.07 Å². The average Bonchev–Trinajstić information content (AvgIpc) is 2.72. The van der Waals surface area contributed by atoms with Gasteiger partial charge in [-0.3, -0.25) is 9.48 Å². The molecule has 2 heterocycles. The van der Waals surface area contributed by atoms with E-state index in [9.17, 15) is 4.79 Å². The van der Waals surface area contributed by atoms with Gasteiger partial charge in [0.05, 0.1) is 5.69 Å². The Morgan fingerprint density at radius 1 is 1.25 bits per heavy atom. The van der Waals surface area contributed by atoms with E-state index in [1.165, 1.54) is 25.7 Å². The number of aryl methyl sites for hydroxylation is 2. The van der Waals surface area contributed by atoms with Crippen molar-refractivity contribution in [2.45, 2.75) is 78.3 Å². The summed E-state index contributed by atoms with van der Waals surface area (Å²) < 4.78 is 1.90. The molecule has 2 rings (SSSR count). The first-order valence-corrected chi connectivity index (χ1v) is 9.56. The fourth-order valence-corrected chi connectivity index (χ4v) is 3.69. The summed E-state index contributed by atoms with van der Waals surface area (Å²) in [6.07, 6.45) is 7.04. The molecule has 0 radical (unpaired) electrons. The van der Waals surface area contributed by atoms with Crippen molar-refractivity contribution in [2.24, 2.45) is 0 Å². The van der Waals surface area contributed by atoms with Gasteiger partial charge in [-0.15, -0.1) is 0 Å². The van der Waals surface area contributed by atoms with Gasteiger partial charge in [0.25, 0.3) is 0 Å². The second-order valence-electron chi connectivity index (χ2n) is 7.30. The van der Waals surface area contributed by atoms with Crippen LogP contribution < -0.4 is 5.32 Å². The van der Waals surface area contributed by atoms with Gasteiger partial charge >= 0.3 is 0 Å². The molecule has 0 bridgehead atoms. The standard InChI is InChI=1S/C19H34N4O/c1-5-10-18(23-17(4)13-15(2)21-23)19(24)20-16(3)14-22-11-8-6-7-9-12-22/h13,16,18H,5-12,14H2,1-4H3,(H,20,24)/t16-,18+/m0/s1. The number of nitrogens with zero attached hydrogens (tertiary/aromatic N) is 3. The van der Waals surface area contributed by atoms with Crippen LogP contribution in [-0.4, -0.2) is 46.3 Å². The van der Waals surface area contributed by atoms with Crippen molar-refractivity contribution in [2.75, 3.05) is 19.6 Å². The van der Waals surface area contributed by atoms with E-state index in [1.54, 1.807) is 0 Å². The minimum absolute atomic E-state index is 0.102. The fourth-order valence-electron chi connectivity index (χ4n) is 3.69. The van der Waals surface area contributed by atoms with Crippen molar-refractivity contribution in [1.29, 1.82) is 0 Å². The molecule has 0 unspecified atom stereocenters. The summed E-state index contributed by atoms with van der Waals surface area (Å²) >= 11 is 0. The quantitative estimate of drug-likeness (QED) is 0.833. The maximum Gasteiger partial charge on any atom is 0.245 e. The first-order chi connectivity index (χ1) is 11.5. The minimum atomic E-state index is -0.199. The van der Waals surface area contributed by atoms with Crippen LogP contribution in [0.2, 0.25) is 0 Å².